The van der Waals surface area contributed by atoms with Gasteiger partial charge >= 0.3 is 0 Å². The van der Waals surface area contributed by atoms with Gasteiger partial charge in [0, 0.05) is 6.54 Å². The van der Waals surface area contributed by atoms with Crippen LogP contribution in [0.5, 0.6) is 0 Å². The number of nitrogen functional groups attached to an aromatic ring is 1. The number of halogens is 1. The van der Waals surface area contributed by atoms with Crippen molar-refractivity contribution in [3.8, 4) is 0 Å². The van der Waals surface area contributed by atoms with Crippen LogP contribution in [0.25, 0.3) is 0 Å². The molecule has 2 aliphatic rings. The zero-order chi connectivity index (χ0) is 14.4. The molecule has 1 fully saturated rings. The van der Waals surface area contributed by atoms with Crippen molar-refractivity contribution < 1.29 is 4.74 Å². The molecule has 6 heteroatoms. The first-order valence-electron chi connectivity index (χ1n) is 6.93. The van der Waals surface area contributed by atoms with E-state index in [1.807, 2.05) is 0 Å². The summed E-state index contributed by atoms with van der Waals surface area (Å²) in [6.45, 7) is 2.24. The van der Waals surface area contributed by atoms with E-state index in [0.29, 0.717) is 23.3 Å². The molecule has 1 unspecified atom stereocenters. The van der Waals surface area contributed by atoms with Gasteiger partial charge in [0.05, 0.1) is 13.2 Å². The van der Waals surface area contributed by atoms with Crippen LogP contribution < -0.4 is 10.6 Å². The Morgan fingerprint density at radius 1 is 1.29 bits per heavy atom. The van der Waals surface area contributed by atoms with Crippen molar-refractivity contribution >= 4 is 23.2 Å². The Morgan fingerprint density at radius 3 is 3.05 bits per heavy atom. The standard InChI is InChI=1S/C15H15ClN4O/c16-12-13(17)18-9-19-14(12)20-6-5-15(8-20)11-4-2-1-3-10(11)7-21-15/h1-4,9H,5-8H2,(H2,17,18,19). The van der Waals surface area contributed by atoms with Gasteiger partial charge in [-0.3, -0.25) is 0 Å². The molecule has 0 amide bonds. The van der Waals surface area contributed by atoms with E-state index in [1.54, 1.807) is 0 Å². The fourth-order valence-corrected chi connectivity index (χ4v) is 3.50. The molecule has 5 nitrogen and oxygen atoms in total. The van der Waals surface area contributed by atoms with Crippen molar-refractivity contribution in [3.63, 3.8) is 0 Å². The van der Waals surface area contributed by atoms with Gasteiger partial charge in [-0.2, -0.15) is 0 Å². The molecule has 2 aliphatic heterocycles. The highest BCUT2D eigenvalue weighted by atomic mass is 35.5. The van der Waals surface area contributed by atoms with Crippen LogP contribution in [-0.2, 0) is 16.9 Å². The van der Waals surface area contributed by atoms with Crippen LogP contribution in [0.4, 0.5) is 11.6 Å². The number of benzene rings is 1. The molecule has 0 bridgehead atoms. The highest BCUT2D eigenvalue weighted by molar-refractivity contribution is 6.35. The highest BCUT2D eigenvalue weighted by Crippen LogP contribution is 2.45. The third-order valence-electron chi connectivity index (χ3n) is 4.34. The molecule has 1 aromatic heterocycles. The molecule has 0 saturated carbocycles. The second-order valence-electron chi connectivity index (χ2n) is 5.51. The van der Waals surface area contributed by atoms with E-state index in [2.05, 4.69) is 39.1 Å². The number of aromatic nitrogens is 2. The minimum atomic E-state index is -0.250. The van der Waals surface area contributed by atoms with Crippen molar-refractivity contribution in [2.75, 3.05) is 23.7 Å². The summed E-state index contributed by atoms with van der Waals surface area (Å²) >= 11 is 6.24. The summed E-state index contributed by atoms with van der Waals surface area (Å²) in [5.41, 5.74) is 8.07. The summed E-state index contributed by atoms with van der Waals surface area (Å²) in [6, 6.07) is 8.40. The van der Waals surface area contributed by atoms with E-state index in [1.165, 1.54) is 17.5 Å². The second kappa shape index (κ2) is 4.58. The van der Waals surface area contributed by atoms with Crippen LogP contribution in [0.15, 0.2) is 30.6 Å². The van der Waals surface area contributed by atoms with Gasteiger partial charge in [0.15, 0.2) is 5.82 Å². The quantitative estimate of drug-likeness (QED) is 0.876. The number of nitrogens with two attached hydrogens (primary N) is 1. The van der Waals surface area contributed by atoms with E-state index in [4.69, 9.17) is 22.1 Å². The second-order valence-corrected chi connectivity index (χ2v) is 5.89. The molecule has 1 aromatic carbocycles. The summed E-state index contributed by atoms with van der Waals surface area (Å²) in [4.78, 5) is 10.3. The van der Waals surface area contributed by atoms with Crippen LogP contribution in [0, 0.1) is 0 Å². The average Bonchev–Trinajstić information content (AvgIpc) is 3.09. The first kappa shape index (κ1) is 12.9. The van der Waals surface area contributed by atoms with Crippen molar-refractivity contribution in [1.82, 2.24) is 9.97 Å². The van der Waals surface area contributed by atoms with Crippen LogP contribution in [0.1, 0.15) is 17.5 Å². The SMILES string of the molecule is Nc1ncnc(N2CCC3(C2)OCc2ccccc23)c1Cl. The maximum atomic E-state index is 6.24. The molecule has 1 spiro atoms. The first-order chi connectivity index (χ1) is 10.2. The van der Waals surface area contributed by atoms with Crippen molar-refractivity contribution in [2.24, 2.45) is 0 Å². The van der Waals surface area contributed by atoms with Gasteiger partial charge < -0.3 is 15.4 Å². The van der Waals surface area contributed by atoms with E-state index in [0.717, 1.165) is 19.5 Å². The fourth-order valence-electron chi connectivity index (χ4n) is 3.28. The molecular weight excluding hydrogens is 288 g/mol. The number of fused-ring (bicyclic) bond motifs is 2. The molecule has 1 saturated heterocycles. The van der Waals surface area contributed by atoms with E-state index >= 15 is 0 Å². The summed E-state index contributed by atoms with van der Waals surface area (Å²) < 4.78 is 6.13. The number of hydrogen-bond donors (Lipinski definition) is 1. The number of rotatable bonds is 1. The third-order valence-corrected chi connectivity index (χ3v) is 4.70. The van der Waals surface area contributed by atoms with Crippen molar-refractivity contribution in [3.05, 3.63) is 46.7 Å². The molecule has 0 radical (unpaired) electrons. The predicted octanol–water partition coefficient (Wildman–Crippen LogP) is 2.35. The van der Waals surface area contributed by atoms with E-state index in [9.17, 15) is 0 Å². The lowest BCUT2D eigenvalue weighted by Crippen LogP contribution is -2.31. The summed E-state index contributed by atoms with van der Waals surface area (Å²) in [5, 5.41) is 0.417. The summed E-state index contributed by atoms with van der Waals surface area (Å²) in [6.07, 6.45) is 2.37. The maximum Gasteiger partial charge on any atom is 0.153 e. The molecule has 4 rings (SSSR count). The Labute approximate surface area is 127 Å². The van der Waals surface area contributed by atoms with Gasteiger partial charge in [0.25, 0.3) is 0 Å². The van der Waals surface area contributed by atoms with Gasteiger partial charge in [-0.05, 0) is 17.5 Å². The molecule has 2 N–H and O–H groups in total. The molecule has 2 aromatic rings. The fraction of sp³-hybridized carbons (Fsp3) is 0.333. The lowest BCUT2D eigenvalue weighted by Gasteiger charge is -2.25. The number of ether oxygens (including phenoxy) is 1. The topological polar surface area (TPSA) is 64.3 Å². The zero-order valence-corrected chi connectivity index (χ0v) is 12.2. The zero-order valence-electron chi connectivity index (χ0n) is 11.4. The Kier molecular flexibility index (Phi) is 2.80. The molecule has 21 heavy (non-hydrogen) atoms. The van der Waals surface area contributed by atoms with Gasteiger partial charge in [0.2, 0.25) is 0 Å². The van der Waals surface area contributed by atoms with Crippen LogP contribution in [0.3, 0.4) is 0 Å². The minimum absolute atomic E-state index is 0.250. The third kappa shape index (κ3) is 1.88. The van der Waals surface area contributed by atoms with Crippen molar-refractivity contribution in [1.29, 1.82) is 0 Å². The van der Waals surface area contributed by atoms with Gasteiger partial charge in [-0.15, -0.1) is 0 Å². The molecule has 1 atom stereocenters. The van der Waals surface area contributed by atoms with Gasteiger partial charge in [0.1, 0.15) is 22.8 Å². The monoisotopic (exact) mass is 302 g/mol. The molecule has 3 heterocycles. The van der Waals surface area contributed by atoms with E-state index < -0.39 is 0 Å². The Bertz CT molecular complexity index is 708. The van der Waals surface area contributed by atoms with Crippen molar-refractivity contribution in [2.45, 2.75) is 18.6 Å². The molecule has 0 aliphatic carbocycles. The van der Waals surface area contributed by atoms with E-state index in [-0.39, 0.29) is 5.60 Å². The lowest BCUT2D eigenvalue weighted by molar-refractivity contribution is -0.0205. The van der Waals surface area contributed by atoms with Crippen LogP contribution in [-0.4, -0.2) is 23.1 Å². The summed E-state index contributed by atoms with van der Waals surface area (Å²) in [5.74, 6) is 1.00. The van der Waals surface area contributed by atoms with Gasteiger partial charge in [-0.1, -0.05) is 35.9 Å². The smallest absolute Gasteiger partial charge is 0.153 e. The average molecular weight is 303 g/mol. The number of anilines is 2. The summed E-state index contributed by atoms with van der Waals surface area (Å²) in [7, 11) is 0. The molecule has 108 valence electrons. The highest BCUT2D eigenvalue weighted by Gasteiger charge is 2.46. The Hall–Kier alpha value is -1.85. The predicted molar refractivity (Wildman–Crippen MR) is 81.2 cm³/mol. The lowest BCUT2D eigenvalue weighted by atomic mass is 9.92. The van der Waals surface area contributed by atoms with Crippen LogP contribution in [0.2, 0.25) is 5.02 Å². The maximum absolute atomic E-state index is 6.24. The number of nitrogens with zero attached hydrogens (tertiary/aromatic N) is 3. The first-order valence-corrected chi connectivity index (χ1v) is 7.31. The number of hydrogen-bond acceptors (Lipinski definition) is 5. The Balaban J connectivity index is 1.68. The Morgan fingerprint density at radius 2 is 2.14 bits per heavy atom. The largest absolute Gasteiger partial charge is 0.382 e. The minimum Gasteiger partial charge on any atom is -0.382 e. The normalized spacial score (nSPS) is 23.8. The molecular formula is C15H15ClN4O. The van der Waals surface area contributed by atoms with Gasteiger partial charge in [-0.25, -0.2) is 9.97 Å². The van der Waals surface area contributed by atoms with Crippen LogP contribution >= 0.6 is 11.6 Å².